The number of allylic oxidation sites excluding steroid dienone is 1. The predicted molar refractivity (Wildman–Crippen MR) is 76.4 cm³/mol. The molecule has 0 bridgehead atoms. The minimum Gasteiger partial charge on any atom is -0.388 e. The second-order valence-electron chi connectivity index (χ2n) is 4.27. The Morgan fingerprint density at radius 2 is 2.00 bits per heavy atom. The predicted octanol–water partition coefficient (Wildman–Crippen LogP) is 3.31. The van der Waals surface area contributed by atoms with Crippen LogP contribution in [0.2, 0.25) is 0 Å². The quantitative estimate of drug-likeness (QED) is 0.864. The van der Waals surface area contributed by atoms with Gasteiger partial charge >= 0.3 is 0 Å². The second kappa shape index (κ2) is 8.97. The molecule has 0 fully saturated rings. The molecule has 0 saturated heterocycles. The highest BCUT2D eigenvalue weighted by Gasteiger charge is 2.04. The van der Waals surface area contributed by atoms with E-state index >= 15 is 0 Å². The minimum absolute atomic E-state index is 0.555. The first-order chi connectivity index (χ1) is 8.06. The van der Waals surface area contributed by atoms with Crippen molar-refractivity contribution in [1.29, 1.82) is 0 Å². The SMILES string of the molecule is C=C(C)c1cccc(C(C)CNC)c1.COC. The summed E-state index contributed by atoms with van der Waals surface area (Å²) in [4.78, 5) is 0. The van der Waals surface area contributed by atoms with Gasteiger partial charge in [-0.25, -0.2) is 0 Å². The molecular weight excluding hydrogens is 210 g/mol. The topological polar surface area (TPSA) is 21.3 Å². The largest absolute Gasteiger partial charge is 0.388 e. The Balaban J connectivity index is 0.000000770. The maximum Gasteiger partial charge on any atom is 0.0351 e. The molecule has 0 spiro atoms. The van der Waals surface area contributed by atoms with E-state index in [-0.39, 0.29) is 0 Å². The van der Waals surface area contributed by atoms with E-state index in [2.05, 4.69) is 47.8 Å². The molecule has 1 atom stereocenters. The zero-order valence-electron chi connectivity index (χ0n) is 11.7. The van der Waals surface area contributed by atoms with Gasteiger partial charge in [-0.2, -0.15) is 0 Å². The van der Waals surface area contributed by atoms with Crippen LogP contribution in [0.25, 0.3) is 5.57 Å². The smallest absolute Gasteiger partial charge is 0.0351 e. The molecule has 1 N–H and O–H groups in total. The summed E-state index contributed by atoms with van der Waals surface area (Å²) >= 11 is 0. The van der Waals surface area contributed by atoms with Crippen LogP contribution < -0.4 is 5.32 Å². The van der Waals surface area contributed by atoms with Crippen molar-refractivity contribution < 1.29 is 4.74 Å². The Morgan fingerprint density at radius 3 is 2.47 bits per heavy atom. The van der Waals surface area contributed by atoms with E-state index in [1.54, 1.807) is 14.2 Å². The Hall–Kier alpha value is -1.12. The van der Waals surface area contributed by atoms with E-state index in [0.29, 0.717) is 5.92 Å². The lowest BCUT2D eigenvalue weighted by atomic mass is 9.97. The first-order valence-corrected chi connectivity index (χ1v) is 5.87. The first-order valence-electron chi connectivity index (χ1n) is 5.87. The summed E-state index contributed by atoms with van der Waals surface area (Å²) in [6, 6.07) is 8.61. The van der Waals surface area contributed by atoms with Crippen molar-refractivity contribution in [2.75, 3.05) is 27.8 Å². The fourth-order valence-corrected chi connectivity index (χ4v) is 1.53. The molecule has 0 heterocycles. The summed E-state index contributed by atoms with van der Waals surface area (Å²) in [5, 5.41) is 3.19. The van der Waals surface area contributed by atoms with Crippen LogP contribution in [0, 0.1) is 0 Å². The third kappa shape index (κ3) is 6.25. The zero-order chi connectivity index (χ0) is 13.3. The van der Waals surface area contributed by atoms with Crippen LogP contribution >= 0.6 is 0 Å². The molecule has 0 aromatic heterocycles. The molecule has 2 nitrogen and oxygen atoms in total. The van der Waals surface area contributed by atoms with Crippen molar-refractivity contribution in [1.82, 2.24) is 5.32 Å². The molecule has 17 heavy (non-hydrogen) atoms. The van der Waals surface area contributed by atoms with E-state index < -0.39 is 0 Å². The lowest BCUT2D eigenvalue weighted by molar-refractivity contribution is 0.277. The van der Waals surface area contributed by atoms with Gasteiger partial charge in [0.2, 0.25) is 0 Å². The lowest BCUT2D eigenvalue weighted by Crippen LogP contribution is -2.14. The molecule has 0 aliphatic rings. The zero-order valence-corrected chi connectivity index (χ0v) is 11.7. The van der Waals surface area contributed by atoms with E-state index in [1.165, 1.54) is 11.1 Å². The normalized spacial score (nSPS) is 11.4. The molecule has 0 saturated carbocycles. The highest BCUT2D eigenvalue weighted by atomic mass is 16.4. The van der Waals surface area contributed by atoms with Gasteiger partial charge < -0.3 is 10.1 Å². The lowest BCUT2D eigenvalue weighted by Gasteiger charge is -2.12. The third-order valence-electron chi connectivity index (χ3n) is 2.46. The molecule has 0 aliphatic carbocycles. The summed E-state index contributed by atoms with van der Waals surface area (Å²) in [5.74, 6) is 0.555. The van der Waals surface area contributed by atoms with Crippen molar-refractivity contribution in [3.05, 3.63) is 42.0 Å². The number of hydrogen-bond acceptors (Lipinski definition) is 2. The number of nitrogens with one attached hydrogen (secondary N) is 1. The van der Waals surface area contributed by atoms with Gasteiger partial charge in [0, 0.05) is 20.8 Å². The number of ether oxygens (including phenoxy) is 1. The molecule has 1 aromatic carbocycles. The highest BCUT2D eigenvalue weighted by molar-refractivity contribution is 5.61. The van der Waals surface area contributed by atoms with Crippen LogP contribution in [0.1, 0.15) is 30.9 Å². The van der Waals surface area contributed by atoms with Gasteiger partial charge in [-0.15, -0.1) is 0 Å². The van der Waals surface area contributed by atoms with Gasteiger partial charge in [0.05, 0.1) is 0 Å². The average molecular weight is 235 g/mol. The first kappa shape index (κ1) is 15.9. The monoisotopic (exact) mass is 235 g/mol. The van der Waals surface area contributed by atoms with Gasteiger partial charge in [0.25, 0.3) is 0 Å². The minimum atomic E-state index is 0.555. The number of likely N-dealkylation sites (N-methyl/N-ethyl adjacent to an activating group) is 1. The number of benzene rings is 1. The summed E-state index contributed by atoms with van der Waals surface area (Å²) < 4.78 is 4.25. The Bertz CT molecular complexity index is 333. The van der Waals surface area contributed by atoms with Crippen LogP contribution in [0.3, 0.4) is 0 Å². The molecule has 1 unspecified atom stereocenters. The van der Waals surface area contributed by atoms with Crippen LogP contribution in [0.4, 0.5) is 0 Å². The average Bonchev–Trinajstić information content (AvgIpc) is 2.30. The number of hydrogen-bond donors (Lipinski definition) is 1. The van der Waals surface area contributed by atoms with Gasteiger partial charge in [-0.3, -0.25) is 0 Å². The Kier molecular flexibility index (Phi) is 8.38. The molecule has 1 aromatic rings. The molecular formula is C15H25NO. The Labute approximate surface area is 106 Å². The van der Waals surface area contributed by atoms with Crippen LogP contribution in [0.15, 0.2) is 30.8 Å². The van der Waals surface area contributed by atoms with E-state index in [0.717, 1.165) is 12.1 Å². The summed E-state index contributed by atoms with van der Waals surface area (Å²) in [6.45, 7) is 9.24. The van der Waals surface area contributed by atoms with Crippen LogP contribution in [-0.2, 0) is 4.74 Å². The number of rotatable bonds is 4. The maximum absolute atomic E-state index is 4.25. The van der Waals surface area contributed by atoms with Crippen molar-refractivity contribution in [2.24, 2.45) is 0 Å². The molecule has 2 heteroatoms. The van der Waals surface area contributed by atoms with E-state index in [1.807, 2.05) is 14.0 Å². The molecule has 0 radical (unpaired) electrons. The van der Waals surface area contributed by atoms with Gasteiger partial charge in [0.1, 0.15) is 0 Å². The summed E-state index contributed by atoms with van der Waals surface area (Å²) in [6.07, 6.45) is 0. The van der Waals surface area contributed by atoms with E-state index in [9.17, 15) is 0 Å². The van der Waals surface area contributed by atoms with Gasteiger partial charge in [0.15, 0.2) is 0 Å². The van der Waals surface area contributed by atoms with Gasteiger partial charge in [-0.1, -0.05) is 43.3 Å². The second-order valence-corrected chi connectivity index (χ2v) is 4.27. The van der Waals surface area contributed by atoms with Gasteiger partial charge in [-0.05, 0) is 31.0 Å². The van der Waals surface area contributed by atoms with Crippen molar-refractivity contribution in [3.63, 3.8) is 0 Å². The van der Waals surface area contributed by atoms with Crippen molar-refractivity contribution in [2.45, 2.75) is 19.8 Å². The molecule has 0 aliphatic heterocycles. The van der Waals surface area contributed by atoms with Crippen molar-refractivity contribution >= 4 is 5.57 Å². The molecule has 0 amide bonds. The summed E-state index contributed by atoms with van der Waals surface area (Å²) in [5.41, 5.74) is 3.74. The van der Waals surface area contributed by atoms with E-state index in [4.69, 9.17) is 0 Å². The Morgan fingerprint density at radius 1 is 1.41 bits per heavy atom. The fourth-order valence-electron chi connectivity index (χ4n) is 1.53. The number of methoxy groups -OCH3 is 1. The maximum atomic E-state index is 4.25. The molecule has 96 valence electrons. The molecule has 1 rings (SSSR count). The highest BCUT2D eigenvalue weighted by Crippen LogP contribution is 2.19. The summed E-state index contributed by atoms with van der Waals surface area (Å²) in [7, 11) is 5.24. The van der Waals surface area contributed by atoms with Crippen LogP contribution in [0.5, 0.6) is 0 Å². The van der Waals surface area contributed by atoms with Crippen LogP contribution in [-0.4, -0.2) is 27.8 Å². The van der Waals surface area contributed by atoms with Crippen molar-refractivity contribution in [3.8, 4) is 0 Å². The third-order valence-corrected chi connectivity index (χ3v) is 2.46. The standard InChI is InChI=1S/C13H19N.C2H6O/c1-10(2)12-6-5-7-13(8-12)11(3)9-14-4;1-3-2/h5-8,11,14H,1,9H2,2-4H3;1-2H3. The fraction of sp³-hybridized carbons (Fsp3) is 0.467.